The Bertz CT molecular complexity index is 978. The summed E-state index contributed by atoms with van der Waals surface area (Å²) in [5.41, 5.74) is 3.12. The van der Waals surface area contributed by atoms with Crippen molar-refractivity contribution in [1.29, 1.82) is 0 Å². The molecule has 0 aliphatic carbocycles. The molecular formula is C19H21N3O3S. The topological polar surface area (TPSA) is 75.4 Å². The third-order valence-electron chi connectivity index (χ3n) is 4.26. The molecule has 136 valence electrons. The molecular weight excluding hydrogens is 350 g/mol. The lowest BCUT2D eigenvalue weighted by Crippen LogP contribution is -2.26. The highest BCUT2D eigenvalue weighted by molar-refractivity contribution is 7.92. The van der Waals surface area contributed by atoms with Gasteiger partial charge in [0.2, 0.25) is 0 Å². The van der Waals surface area contributed by atoms with Crippen LogP contribution < -0.4 is 9.62 Å². The molecule has 7 heteroatoms. The number of sulfonamides is 1. The van der Waals surface area contributed by atoms with Gasteiger partial charge in [0.25, 0.3) is 10.0 Å². The summed E-state index contributed by atoms with van der Waals surface area (Å²) in [6.07, 6.45) is 0. The van der Waals surface area contributed by atoms with E-state index in [0.29, 0.717) is 17.9 Å². The quantitative estimate of drug-likeness (QED) is 0.714. The number of anilines is 2. The molecule has 0 aliphatic heterocycles. The number of para-hydroxylation sites is 1. The van der Waals surface area contributed by atoms with E-state index in [-0.39, 0.29) is 4.90 Å². The van der Waals surface area contributed by atoms with Crippen LogP contribution in [0.5, 0.6) is 0 Å². The van der Waals surface area contributed by atoms with Crippen LogP contribution in [0.2, 0.25) is 0 Å². The van der Waals surface area contributed by atoms with E-state index < -0.39 is 10.0 Å². The molecule has 0 saturated heterocycles. The molecule has 6 nitrogen and oxygen atoms in total. The zero-order valence-electron chi connectivity index (χ0n) is 14.9. The Morgan fingerprint density at radius 1 is 1.08 bits per heavy atom. The summed E-state index contributed by atoms with van der Waals surface area (Å²) in [5, 5.41) is 7.16. The number of nitrogens with one attached hydrogen (secondary N) is 1. The number of nitrogens with zero attached hydrogens (tertiary/aromatic N) is 2. The average molecular weight is 371 g/mol. The van der Waals surface area contributed by atoms with Crippen molar-refractivity contribution in [3.05, 3.63) is 71.6 Å². The first kappa shape index (κ1) is 18.0. The zero-order chi connectivity index (χ0) is 18.7. The Balaban J connectivity index is 1.82. The lowest BCUT2D eigenvalue weighted by Gasteiger charge is -2.20. The van der Waals surface area contributed by atoms with E-state index in [2.05, 4.69) is 10.5 Å². The fraction of sp³-hybridized carbons (Fsp3) is 0.211. The van der Waals surface area contributed by atoms with Gasteiger partial charge in [0.05, 0.1) is 16.3 Å². The number of hydrogen-bond acceptors (Lipinski definition) is 5. The molecule has 0 spiro atoms. The molecule has 0 radical (unpaired) electrons. The highest BCUT2D eigenvalue weighted by Crippen LogP contribution is 2.24. The molecule has 1 aromatic heterocycles. The van der Waals surface area contributed by atoms with Crippen LogP contribution in [0.4, 0.5) is 11.4 Å². The highest BCUT2D eigenvalue weighted by atomic mass is 32.2. The van der Waals surface area contributed by atoms with Gasteiger partial charge in [-0.1, -0.05) is 29.4 Å². The standard InChI is InChI=1S/C19H21N3O3S/c1-14-19(15(2)25-21-14)13-20-16-8-7-11-18(12-16)26(23,24)22(3)17-9-5-4-6-10-17/h4-12,20H,13H2,1-3H3. The Morgan fingerprint density at radius 2 is 1.81 bits per heavy atom. The summed E-state index contributed by atoms with van der Waals surface area (Å²) in [6.45, 7) is 4.25. The first-order valence-electron chi connectivity index (χ1n) is 8.19. The average Bonchev–Trinajstić information content (AvgIpc) is 2.98. The van der Waals surface area contributed by atoms with Crippen LogP contribution in [0.25, 0.3) is 0 Å². The van der Waals surface area contributed by atoms with Crippen LogP contribution >= 0.6 is 0 Å². The van der Waals surface area contributed by atoms with Gasteiger partial charge in [0.1, 0.15) is 5.76 Å². The molecule has 0 unspecified atom stereocenters. The third kappa shape index (κ3) is 3.57. The normalized spacial score (nSPS) is 11.3. The zero-order valence-corrected chi connectivity index (χ0v) is 15.7. The van der Waals surface area contributed by atoms with E-state index >= 15 is 0 Å². The minimum atomic E-state index is -3.64. The summed E-state index contributed by atoms with van der Waals surface area (Å²) < 4.78 is 32.2. The van der Waals surface area contributed by atoms with Gasteiger partial charge in [-0.15, -0.1) is 0 Å². The monoisotopic (exact) mass is 371 g/mol. The van der Waals surface area contributed by atoms with Gasteiger partial charge in [-0.05, 0) is 44.2 Å². The van der Waals surface area contributed by atoms with E-state index in [0.717, 1.165) is 17.0 Å². The Kier molecular flexibility index (Phi) is 4.99. The maximum absolute atomic E-state index is 12.9. The number of hydrogen-bond donors (Lipinski definition) is 1. The van der Waals surface area contributed by atoms with Gasteiger partial charge >= 0.3 is 0 Å². The second kappa shape index (κ2) is 7.21. The smallest absolute Gasteiger partial charge is 0.264 e. The molecule has 1 heterocycles. The fourth-order valence-corrected chi connectivity index (χ4v) is 3.89. The largest absolute Gasteiger partial charge is 0.381 e. The SMILES string of the molecule is Cc1noc(C)c1CNc1cccc(S(=O)(=O)N(C)c2ccccc2)c1. The Labute approximate surface area is 153 Å². The van der Waals surface area contributed by atoms with Crippen molar-refractivity contribution >= 4 is 21.4 Å². The van der Waals surface area contributed by atoms with Crippen molar-refractivity contribution in [3.8, 4) is 0 Å². The predicted octanol–water partition coefficient (Wildman–Crippen LogP) is 3.73. The van der Waals surface area contributed by atoms with Crippen molar-refractivity contribution in [1.82, 2.24) is 5.16 Å². The number of aryl methyl sites for hydroxylation is 2. The van der Waals surface area contributed by atoms with E-state index in [1.54, 1.807) is 37.4 Å². The van der Waals surface area contributed by atoms with E-state index in [4.69, 9.17) is 4.52 Å². The molecule has 1 N–H and O–H groups in total. The van der Waals surface area contributed by atoms with Crippen LogP contribution in [0.1, 0.15) is 17.0 Å². The summed E-state index contributed by atoms with van der Waals surface area (Å²) >= 11 is 0. The third-order valence-corrected chi connectivity index (χ3v) is 6.04. The summed E-state index contributed by atoms with van der Waals surface area (Å²) in [6, 6.07) is 15.8. The summed E-state index contributed by atoms with van der Waals surface area (Å²) in [7, 11) is -2.09. The van der Waals surface area contributed by atoms with Gasteiger partial charge in [-0.2, -0.15) is 0 Å². The first-order valence-corrected chi connectivity index (χ1v) is 9.63. The van der Waals surface area contributed by atoms with Crippen molar-refractivity contribution in [2.45, 2.75) is 25.3 Å². The molecule has 0 bridgehead atoms. The highest BCUT2D eigenvalue weighted by Gasteiger charge is 2.21. The molecule has 3 rings (SSSR count). The number of aromatic nitrogens is 1. The molecule has 0 atom stereocenters. The predicted molar refractivity (Wildman–Crippen MR) is 102 cm³/mol. The molecule has 26 heavy (non-hydrogen) atoms. The van der Waals surface area contributed by atoms with Gasteiger partial charge in [-0.3, -0.25) is 4.31 Å². The Morgan fingerprint density at radius 3 is 2.46 bits per heavy atom. The molecule has 0 saturated carbocycles. The summed E-state index contributed by atoms with van der Waals surface area (Å²) in [4.78, 5) is 0.229. The van der Waals surface area contributed by atoms with E-state index in [1.165, 1.54) is 4.31 Å². The van der Waals surface area contributed by atoms with Gasteiger partial charge in [0.15, 0.2) is 0 Å². The van der Waals surface area contributed by atoms with Crippen LogP contribution in [-0.2, 0) is 16.6 Å². The fourth-order valence-electron chi connectivity index (χ4n) is 2.65. The van der Waals surface area contributed by atoms with Crippen LogP contribution in [-0.4, -0.2) is 20.6 Å². The van der Waals surface area contributed by atoms with Gasteiger partial charge in [-0.25, -0.2) is 8.42 Å². The summed E-state index contributed by atoms with van der Waals surface area (Å²) in [5.74, 6) is 0.752. The maximum atomic E-state index is 12.9. The number of rotatable bonds is 6. The molecule has 0 amide bonds. The second-order valence-corrected chi connectivity index (χ2v) is 7.96. The minimum Gasteiger partial charge on any atom is -0.381 e. The molecule has 0 fully saturated rings. The van der Waals surface area contributed by atoms with Crippen LogP contribution in [0.3, 0.4) is 0 Å². The van der Waals surface area contributed by atoms with E-state index in [1.807, 2.05) is 38.1 Å². The van der Waals surface area contributed by atoms with Crippen molar-refractivity contribution < 1.29 is 12.9 Å². The van der Waals surface area contributed by atoms with Crippen molar-refractivity contribution in [2.24, 2.45) is 0 Å². The second-order valence-electron chi connectivity index (χ2n) is 5.99. The molecule has 3 aromatic rings. The lowest BCUT2D eigenvalue weighted by atomic mass is 10.2. The van der Waals surface area contributed by atoms with Crippen LogP contribution in [0.15, 0.2) is 64.0 Å². The molecule has 0 aliphatic rings. The van der Waals surface area contributed by atoms with Crippen LogP contribution in [0, 0.1) is 13.8 Å². The van der Waals surface area contributed by atoms with Gasteiger partial charge in [0, 0.05) is 24.8 Å². The molecule has 2 aromatic carbocycles. The lowest BCUT2D eigenvalue weighted by molar-refractivity contribution is 0.392. The first-order chi connectivity index (χ1) is 12.4. The Hall–Kier alpha value is -2.80. The van der Waals surface area contributed by atoms with Crippen molar-refractivity contribution in [3.63, 3.8) is 0 Å². The van der Waals surface area contributed by atoms with Gasteiger partial charge < -0.3 is 9.84 Å². The minimum absolute atomic E-state index is 0.229. The van der Waals surface area contributed by atoms with E-state index in [9.17, 15) is 8.42 Å². The number of benzene rings is 2. The maximum Gasteiger partial charge on any atom is 0.264 e. The van der Waals surface area contributed by atoms with Crippen molar-refractivity contribution in [2.75, 3.05) is 16.7 Å².